The van der Waals surface area contributed by atoms with E-state index >= 15 is 0 Å². The van der Waals surface area contributed by atoms with Gasteiger partial charge in [0, 0.05) is 11.3 Å². The molecule has 0 unspecified atom stereocenters. The van der Waals surface area contributed by atoms with Crippen LogP contribution < -0.4 is 0 Å². The van der Waals surface area contributed by atoms with Crippen LogP contribution in [0.15, 0.2) is 0 Å². The zero-order valence-corrected chi connectivity index (χ0v) is 10.9. The lowest BCUT2D eigenvalue weighted by Gasteiger charge is -2.07. The summed E-state index contributed by atoms with van der Waals surface area (Å²) in [5.41, 5.74) is 2.23. The van der Waals surface area contributed by atoms with Crippen LogP contribution in [0, 0.1) is 0 Å². The molecular weight excluding hydrogens is 228 g/mol. The van der Waals surface area contributed by atoms with Crippen LogP contribution in [0.3, 0.4) is 0 Å². The van der Waals surface area contributed by atoms with E-state index in [1.165, 1.54) is 38.5 Å². The third-order valence-corrected chi connectivity index (χ3v) is 3.76. The van der Waals surface area contributed by atoms with Gasteiger partial charge < -0.3 is 5.11 Å². The van der Waals surface area contributed by atoms with Gasteiger partial charge in [0.25, 0.3) is 0 Å². The highest BCUT2D eigenvalue weighted by Crippen LogP contribution is 2.20. The molecule has 1 heterocycles. The number of nitrogens with one attached hydrogen (secondary N) is 1. The lowest BCUT2D eigenvalue weighted by molar-refractivity contribution is 0.0689. The summed E-state index contributed by atoms with van der Waals surface area (Å²) in [6, 6.07) is 0. The standard InChI is InChI=1S/C14H22N2O2/c17-14(18)13-11-9-7-5-3-1-2-4-6-8-10-12(11)15-16-13/h1-10H2,(H,15,16)(H,17,18). The van der Waals surface area contributed by atoms with Crippen molar-refractivity contribution >= 4 is 5.97 Å². The van der Waals surface area contributed by atoms with Crippen molar-refractivity contribution in [3.05, 3.63) is 17.0 Å². The Morgan fingerprint density at radius 2 is 1.50 bits per heavy atom. The Hall–Kier alpha value is -1.32. The van der Waals surface area contributed by atoms with E-state index in [-0.39, 0.29) is 5.69 Å². The zero-order valence-electron chi connectivity index (χ0n) is 10.9. The smallest absolute Gasteiger partial charge is 0.356 e. The second kappa shape index (κ2) is 6.57. The van der Waals surface area contributed by atoms with Crippen LogP contribution in [-0.2, 0) is 12.8 Å². The molecule has 4 heteroatoms. The monoisotopic (exact) mass is 250 g/mol. The molecule has 0 saturated heterocycles. The number of rotatable bonds is 1. The Balaban J connectivity index is 2.11. The molecule has 0 atom stereocenters. The summed E-state index contributed by atoms with van der Waals surface area (Å²) in [7, 11) is 0. The van der Waals surface area contributed by atoms with Gasteiger partial charge in [0.05, 0.1) is 0 Å². The molecule has 100 valence electrons. The number of nitrogens with zero attached hydrogens (tertiary/aromatic N) is 1. The van der Waals surface area contributed by atoms with E-state index in [0.29, 0.717) is 0 Å². The fourth-order valence-electron chi connectivity index (χ4n) is 2.72. The van der Waals surface area contributed by atoms with Gasteiger partial charge in [0.15, 0.2) is 5.69 Å². The summed E-state index contributed by atoms with van der Waals surface area (Å²) in [5, 5.41) is 16.0. The molecule has 1 aromatic rings. The summed E-state index contributed by atoms with van der Waals surface area (Å²) in [4.78, 5) is 11.1. The van der Waals surface area contributed by atoms with Crippen LogP contribution in [-0.4, -0.2) is 21.3 Å². The summed E-state index contributed by atoms with van der Waals surface area (Å²) >= 11 is 0. The first-order valence-electron chi connectivity index (χ1n) is 7.08. The number of carboxylic acids is 1. The lowest BCUT2D eigenvalue weighted by Crippen LogP contribution is -2.03. The fraction of sp³-hybridized carbons (Fsp3) is 0.714. The average Bonchev–Trinajstić information content (AvgIpc) is 2.72. The minimum atomic E-state index is -0.903. The molecule has 0 bridgehead atoms. The minimum Gasteiger partial charge on any atom is -0.476 e. The summed E-state index contributed by atoms with van der Waals surface area (Å²) in [6.07, 6.45) is 11.7. The van der Waals surface area contributed by atoms with Crippen LogP contribution in [0.5, 0.6) is 0 Å². The maximum Gasteiger partial charge on any atom is 0.356 e. The van der Waals surface area contributed by atoms with E-state index in [2.05, 4.69) is 10.2 Å². The lowest BCUT2D eigenvalue weighted by atomic mass is 9.98. The number of carboxylic acid groups (broad SMARTS) is 1. The first-order valence-corrected chi connectivity index (χ1v) is 7.08. The Morgan fingerprint density at radius 3 is 2.11 bits per heavy atom. The molecule has 4 nitrogen and oxygen atoms in total. The van der Waals surface area contributed by atoms with Crippen molar-refractivity contribution in [2.24, 2.45) is 0 Å². The molecule has 1 aliphatic carbocycles. The van der Waals surface area contributed by atoms with Gasteiger partial charge in [-0.3, -0.25) is 5.10 Å². The Bertz CT molecular complexity index is 398. The average molecular weight is 250 g/mol. The van der Waals surface area contributed by atoms with Crippen LogP contribution >= 0.6 is 0 Å². The molecule has 0 amide bonds. The molecule has 0 spiro atoms. The number of aromatic nitrogens is 2. The van der Waals surface area contributed by atoms with E-state index < -0.39 is 5.97 Å². The largest absolute Gasteiger partial charge is 0.476 e. The van der Waals surface area contributed by atoms with Gasteiger partial charge in [-0.15, -0.1) is 0 Å². The summed E-state index contributed by atoms with van der Waals surface area (Å²) in [6.45, 7) is 0. The molecule has 18 heavy (non-hydrogen) atoms. The van der Waals surface area contributed by atoms with E-state index in [9.17, 15) is 4.79 Å². The Morgan fingerprint density at radius 1 is 0.944 bits per heavy atom. The molecule has 0 radical (unpaired) electrons. The predicted molar refractivity (Wildman–Crippen MR) is 69.9 cm³/mol. The quantitative estimate of drug-likeness (QED) is 0.803. The van der Waals surface area contributed by atoms with Crippen molar-refractivity contribution in [3.63, 3.8) is 0 Å². The Kier molecular flexibility index (Phi) is 4.79. The van der Waals surface area contributed by atoms with Crippen molar-refractivity contribution in [3.8, 4) is 0 Å². The van der Waals surface area contributed by atoms with Gasteiger partial charge in [0.1, 0.15) is 0 Å². The van der Waals surface area contributed by atoms with E-state index in [1.54, 1.807) is 0 Å². The minimum absolute atomic E-state index is 0.238. The second-order valence-electron chi connectivity index (χ2n) is 5.16. The van der Waals surface area contributed by atoms with Crippen LogP contribution in [0.4, 0.5) is 0 Å². The van der Waals surface area contributed by atoms with Crippen molar-refractivity contribution in [1.29, 1.82) is 0 Å². The Labute approximate surface area is 108 Å². The van der Waals surface area contributed by atoms with Crippen molar-refractivity contribution in [2.75, 3.05) is 0 Å². The van der Waals surface area contributed by atoms with Gasteiger partial charge in [-0.2, -0.15) is 5.10 Å². The third-order valence-electron chi connectivity index (χ3n) is 3.76. The highest BCUT2D eigenvalue weighted by Gasteiger charge is 2.18. The number of aromatic amines is 1. The third kappa shape index (κ3) is 3.34. The number of hydrogen-bond acceptors (Lipinski definition) is 2. The first-order chi connectivity index (χ1) is 8.79. The van der Waals surface area contributed by atoms with Gasteiger partial charge in [-0.05, 0) is 25.7 Å². The predicted octanol–water partition coefficient (Wildman–Crippen LogP) is 3.33. The molecule has 2 N–H and O–H groups in total. The van der Waals surface area contributed by atoms with Crippen molar-refractivity contribution < 1.29 is 9.90 Å². The van der Waals surface area contributed by atoms with Gasteiger partial charge in [0.2, 0.25) is 0 Å². The SMILES string of the molecule is O=C(O)c1n[nH]c2c1CCCCCCCCCC2. The first kappa shape index (κ1) is 13.1. The van der Waals surface area contributed by atoms with Gasteiger partial charge in [-0.25, -0.2) is 4.79 Å². The maximum atomic E-state index is 11.1. The topological polar surface area (TPSA) is 66.0 Å². The van der Waals surface area contributed by atoms with E-state index in [0.717, 1.165) is 36.9 Å². The van der Waals surface area contributed by atoms with Crippen LogP contribution in [0.25, 0.3) is 0 Å². The number of aromatic carboxylic acids is 1. The molecular formula is C14H22N2O2. The fourth-order valence-corrected chi connectivity index (χ4v) is 2.72. The number of carbonyl (C=O) groups is 1. The van der Waals surface area contributed by atoms with Crippen molar-refractivity contribution in [2.45, 2.75) is 64.2 Å². The zero-order chi connectivity index (χ0) is 12.8. The molecule has 0 fully saturated rings. The maximum absolute atomic E-state index is 11.1. The molecule has 1 aliphatic rings. The van der Waals surface area contributed by atoms with E-state index in [4.69, 9.17) is 5.11 Å². The molecule has 1 aromatic heterocycles. The highest BCUT2D eigenvalue weighted by atomic mass is 16.4. The molecule has 0 aromatic carbocycles. The molecule has 0 saturated carbocycles. The normalized spacial score (nSPS) is 18.4. The molecule has 0 aliphatic heterocycles. The summed E-state index contributed by atoms with van der Waals surface area (Å²) < 4.78 is 0. The second-order valence-corrected chi connectivity index (χ2v) is 5.16. The van der Waals surface area contributed by atoms with E-state index in [1.807, 2.05) is 0 Å². The number of aryl methyl sites for hydroxylation is 1. The van der Waals surface area contributed by atoms with Gasteiger partial charge >= 0.3 is 5.97 Å². The van der Waals surface area contributed by atoms with Gasteiger partial charge in [-0.1, -0.05) is 38.5 Å². The van der Waals surface area contributed by atoms with Crippen molar-refractivity contribution in [1.82, 2.24) is 10.2 Å². The number of hydrogen-bond donors (Lipinski definition) is 2. The van der Waals surface area contributed by atoms with Crippen LogP contribution in [0.1, 0.15) is 73.1 Å². The van der Waals surface area contributed by atoms with Crippen LogP contribution in [0.2, 0.25) is 0 Å². The highest BCUT2D eigenvalue weighted by molar-refractivity contribution is 5.87. The summed E-state index contributed by atoms with van der Waals surface area (Å²) in [5.74, 6) is -0.903. The molecule has 2 rings (SSSR count). The number of H-pyrrole nitrogens is 1. The number of fused-ring (bicyclic) bond motifs is 1.